The molecule has 2 aromatic rings. The van der Waals surface area contributed by atoms with E-state index in [1.807, 2.05) is 6.20 Å². The first-order chi connectivity index (χ1) is 9.38. The number of piperazine rings is 1. The van der Waals surface area contributed by atoms with E-state index in [4.69, 9.17) is 11.6 Å². The van der Waals surface area contributed by atoms with Crippen LogP contribution >= 0.6 is 11.6 Å². The highest BCUT2D eigenvalue weighted by molar-refractivity contribution is 6.17. The van der Waals surface area contributed by atoms with Crippen molar-refractivity contribution < 1.29 is 0 Å². The van der Waals surface area contributed by atoms with Crippen molar-refractivity contribution in [1.82, 2.24) is 9.88 Å². The molecule has 0 radical (unpaired) electrons. The van der Waals surface area contributed by atoms with E-state index in [1.54, 1.807) is 0 Å². The Kier molecular flexibility index (Phi) is 3.95. The molecule has 1 aromatic carbocycles. The summed E-state index contributed by atoms with van der Waals surface area (Å²) in [4.78, 5) is 8.35. The summed E-state index contributed by atoms with van der Waals surface area (Å²) >= 11 is 5.76. The molecule has 1 aliphatic rings. The van der Waals surface area contributed by atoms with E-state index in [0.29, 0.717) is 0 Å². The zero-order valence-corrected chi connectivity index (χ0v) is 11.9. The number of fused-ring (bicyclic) bond motifs is 1. The standard InChI is InChI=1S/C15H20ClN3/c16-6-2-8-18-9-11-19(12-10-18)14-4-1-3-13-5-7-17-15(13)14/h1,3-5,7,17H,2,6,8-12H2. The number of nitrogens with zero attached hydrogens (tertiary/aromatic N) is 2. The lowest BCUT2D eigenvalue weighted by atomic mass is 10.2. The van der Waals surface area contributed by atoms with E-state index < -0.39 is 0 Å². The molecular weight excluding hydrogens is 258 g/mol. The molecule has 1 aromatic heterocycles. The number of anilines is 1. The average Bonchev–Trinajstić information content (AvgIpc) is 2.94. The summed E-state index contributed by atoms with van der Waals surface area (Å²) < 4.78 is 0. The highest BCUT2D eigenvalue weighted by atomic mass is 35.5. The van der Waals surface area contributed by atoms with E-state index >= 15 is 0 Å². The fraction of sp³-hybridized carbons (Fsp3) is 0.467. The fourth-order valence-electron chi connectivity index (χ4n) is 2.83. The van der Waals surface area contributed by atoms with Gasteiger partial charge in [-0.15, -0.1) is 11.6 Å². The second-order valence-corrected chi connectivity index (χ2v) is 5.47. The molecule has 1 aliphatic heterocycles. The van der Waals surface area contributed by atoms with Crippen molar-refractivity contribution in [1.29, 1.82) is 0 Å². The van der Waals surface area contributed by atoms with Crippen molar-refractivity contribution in [2.24, 2.45) is 0 Å². The minimum atomic E-state index is 0.766. The number of rotatable bonds is 4. The molecule has 0 atom stereocenters. The average molecular weight is 278 g/mol. The number of aromatic amines is 1. The summed E-state index contributed by atoms with van der Waals surface area (Å²) in [6.45, 7) is 5.59. The number of nitrogens with one attached hydrogen (secondary N) is 1. The van der Waals surface area contributed by atoms with Crippen LogP contribution in [-0.4, -0.2) is 48.5 Å². The van der Waals surface area contributed by atoms with Gasteiger partial charge in [0.05, 0.1) is 11.2 Å². The number of alkyl halides is 1. The maximum Gasteiger partial charge on any atom is 0.0691 e. The van der Waals surface area contributed by atoms with Crippen molar-refractivity contribution >= 4 is 28.2 Å². The van der Waals surface area contributed by atoms with Gasteiger partial charge in [-0.2, -0.15) is 0 Å². The van der Waals surface area contributed by atoms with Crippen LogP contribution < -0.4 is 4.90 Å². The molecule has 2 heterocycles. The van der Waals surface area contributed by atoms with E-state index in [9.17, 15) is 0 Å². The minimum absolute atomic E-state index is 0.766. The number of aromatic nitrogens is 1. The van der Waals surface area contributed by atoms with Gasteiger partial charge in [0.2, 0.25) is 0 Å². The van der Waals surface area contributed by atoms with E-state index in [0.717, 1.165) is 45.0 Å². The number of H-pyrrole nitrogens is 1. The minimum Gasteiger partial charge on any atom is -0.367 e. The van der Waals surface area contributed by atoms with Crippen molar-refractivity contribution in [2.45, 2.75) is 6.42 Å². The molecule has 3 rings (SSSR count). The number of para-hydroxylation sites is 1. The molecule has 1 N–H and O–H groups in total. The number of hydrogen-bond acceptors (Lipinski definition) is 2. The molecule has 3 nitrogen and oxygen atoms in total. The Morgan fingerprint density at radius 3 is 2.74 bits per heavy atom. The van der Waals surface area contributed by atoms with Crippen LogP contribution in [0.3, 0.4) is 0 Å². The lowest BCUT2D eigenvalue weighted by Crippen LogP contribution is -2.46. The lowest BCUT2D eigenvalue weighted by Gasteiger charge is -2.36. The molecule has 0 amide bonds. The predicted octanol–water partition coefficient (Wildman–Crippen LogP) is 2.92. The van der Waals surface area contributed by atoms with Gasteiger partial charge in [0.25, 0.3) is 0 Å². The third-order valence-corrected chi connectivity index (χ3v) is 4.15. The van der Waals surface area contributed by atoms with Gasteiger partial charge in [0.1, 0.15) is 0 Å². The van der Waals surface area contributed by atoms with Gasteiger partial charge < -0.3 is 9.88 Å². The van der Waals surface area contributed by atoms with Crippen molar-refractivity contribution in [3.63, 3.8) is 0 Å². The molecule has 4 heteroatoms. The van der Waals surface area contributed by atoms with Gasteiger partial charge in [0.15, 0.2) is 0 Å². The molecule has 0 bridgehead atoms. The summed E-state index contributed by atoms with van der Waals surface area (Å²) in [5.74, 6) is 0.766. The highest BCUT2D eigenvalue weighted by Crippen LogP contribution is 2.26. The fourth-order valence-corrected chi connectivity index (χ4v) is 2.95. The Hall–Kier alpha value is -1.19. The monoisotopic (exact) mass is 277 g/mol. The van der Waals surface area contributed by atoms with Crippen LogP contribution in [0.25, 0.3) is 10.9 Å². The van der Waals surface area contributed by atoms with Crippen LogP contribution in [0.1, 0.15) is 6.42 Å². The van der Waals surface area contributed by atoms with Gasteiger partial charge in [-0.1, -0.05) is 12.1 Å². The molecule has 0 aliphatic carbocycles. The SMILES string of the molecule is ClCCCN1CCN(c2cccc3cc[nH]c23)CC1. The second kappa shape index (κ2) is 5.85. The lowest BCUT2D eigenvalue weighted by molar-refractivity contribution is 0.259. The van der Waals surface area contributed by atoms with Crippen molar-refractivity contribution in [3.8, 4) is 0 Å². The number of hydrogen-bond donors (Lipinski definition) is 1. The van der Waals surface area contributed by atoms with Crippen molar-refractivity contribution in [3.05, 3.63) is 30.5 Å². The van der Waals surface area contributed by atoms with Gasteiger partial charge in [-0.25, -0.2) is 0 Å². The molecule has 19 heavy (non-hydrogen) atoms. The Balaban J connectivity index is 1.69. The predicted molar refractivity (Wildman–Crippen MR) is 82.3 cm³/mol. The maximum atomic E-state index is 5.76. The first-order valence-corrected chi connectivity index (χ1v) is 7.51. The topological polar surface area (TPSA) is 22.3 Å². The van der Waals surface area contributed by atoms with E-state index in [1.165, 1.54) is 16.6 Å². The summed E-state index contributed by atoms with van der Waals surface area (Å²) in [7, 11) is 0. The van der Waals surface area contributed by atoms with Gasteiger partial charge >= 0.3 is 0 Å². The molecule has 1 fully saturated rings. The molecule has 102 valence electrons. The first kappa shape index (κ1) is 12.8. The Morgan fingerprint density at radius 2 is 1.95 bits per heavy atom. The molecule has 0 spiro atoms. The maximum absolute atomic E-state index is 5.76. The number of halogens is 1. The van der Waals surface area contributed by atoms with Crippen LogP contribution in [-0.2, 0) is 0 Å². The van der Waals surface area contributed by atoms with Crippen LogP contribution in [0.5, 0.6) is 0 Å². The third-order valence-electron chi connectivity index (χ3n) is 3.89. The normalized spacial score (nSPS) is 17.2. The van der Waals surface area contributed by atoms with Crippen LogP contribution in [0, 0.1) is 0 Å². The zero-order valence-electron chi connectivity index (χ0n) is 11.1. The van der Waals surface area contributed by atoms with Gasteiger partial charge in [0, 0.05) is 43.6 Å². The van der Waals surface area contributed by atoms with Crippen LogP contribution in [0.4, 0.5) is 5.69 Å². The summed E-state index contributed by atoms with van der Waals surface area (Å²) in [6.07, 6.45) is 3.11. The largest absolute Gasteiger partial charge is 0.367 e. The molecule has 0 saturated carbocycles. The van der Waals surface area contributed by atoms with E-state index in [-0.39, 0.29) is 0 Å². The van der Waals surface area contributed by atoms with Crippen molar-refractivity contribution in [2.75, 3.05) is 43.5 Å². The summed E-state index contributed by atoms with van der Waals surface area (Å²) in [6, 6.07) is 8.65. The van der Waals surface area contributed by atoms with Crippen LogP contribution in [0.15, 0.2) is 30.5 Å². The van der Waals surface area contributed by atoms with Gasteiger partial charge in [-0.3, -0.25) is 4.90 Å². The van der Waals surface area contributed by atoms with E-state index in [2.05, 4.69) is 39.0 Å². The van der Waals surface area contributed by atoms with Crippen LogP contribution in [0.2, 0.25) is 0 Å². The second-order valence-electron chi connectivity index (χ2n) is 5.09. The highest BCUT2D eigenvalue weighted by Gasteiger charge is 2.18. The Labute approximate surface area is 119 Å². The summed E-state index contributed by atoms with van der Waals surface area (Å²) in [5.41, 5.74) is 2.59. The molecule has 1 saturated heterocycles. The molecular formula is C15H20ClN3. The first-order valence-electron chi connectivity index (χ1n) is 6.98. The Bertz CT molecular complexity index is 529. The molecule has 0 unspecified atom stereocenters. The Morgan fingerprint density at radius 1 is 1.11 bits per heavy atom. The quantitative estimate of drug-likeness (QED) is 0.868. The van der Waals surface area contributed by atoms with Gasteiger partial charge in [-0.05, 0) is 25.1 Å². The third kappa shape index (κ3) is 2.72. The number of benzene rings is 1. The zero-order chi connectivity index (χ0) is 13.1. The smallest absolute Gasteiger partial charge is 0.0691 e. The summed E-state index contributed by atoms with van der Waals surface area (Å²) in [5, 5.41) is 1.29.